The molecule has 1 spiro atoms. The Morgan fingerprint density at radius 3 is 2.22 bits per heavy atom. The summed E-state index contributed by atoms with van der Waals surface area (Å²) in [6, 6.07) is 18.3. The fourth-order valence-corrected chi connectivity index (χ4v) is 4.57. The second-order valence-electron chi connectivity index (χ2n) is 8.86. The third-order valence-electron chi connectivity index (χ3n) is 5.88. The topological polar surface area (TPSA) is 29.5 Å². The highest BCUT2D eigenvalue weighted by Crippen LogP contribution is 2.49. The largest absolute Gasteiger partial charge is 0.337 e. The van der Waals surface area contributed by atoms with E-state index in [-0.39, 0.29) is 11.3 Å². The second-order valence-corrected chi connectivity index (χ2v) is 8.86. The molecule has 0 N–H and O–H groups in total. The van der Waals surface area contributed by atoms with E-state index in [9.17, 15) is 4.79 Å². The molecule has 1 saturated carbocycles. The van der Waals surface area contributed by atoms with Gasteiger partial charge >= 0.3 is 0 Å². The quantitative estimate of drug-likeness (QED) is 0.680. The fraction of sp³-hybridized carbons (Fsp3) is 0.458. The van der Waals surface area contributed by atoms with E-state index in [1.165, 1.54) is 12.0 Å². The Hall–Kier alpha value is -2.13. The molecule has 0 aromatic heterocycles. The van der Waals surface area contributed by atoms with Gasteiger partial charge in [0.05, 0.1) is 5.69 Å². The zero-order chi connectivity index (χ0) is 19.1. The molecule has 1 saturated heterocycles. The Labute approximate surface area is 162 Å². The summed E-state index contributed by atoms with van der Waals surface area (Å²) in [4.78, 5) is 15.7. The maximum Gasteiger partial charge on any atom is 0.263 e. The first-order valence-corrected chi connectivity index (χ1v) is 10.1. The van der Waals surface area contributed by atoms with Crippen LogP contribution in [0, 0.1) is 0 Å². The molecule has 3 heteroatoms. The SMILES string of the molecule is CC(C)(C)c1ccccc1N1C(=O)[C@H](c2ccccc2)OC12CCCCC2. The van der Waals surface area contributed by atoms with Crippen molar-refractivity contribution in [2.45, 2.75) is 70.1 Å². The first-order valence-electron chi connectivity index (χ1n) is 10.1. The van der Waals surface area contributed by atoms with Crippen molar-refractivity contribution < 1.29 is 9.53 Å². The molecule has 2 fully saturated rings. The molecule has 2 aromatic carbocycles. The summed E-state index contributed by atoms with van der Waals surface area (Å²) in [6.45, 7) is 6.61. The van der Waals surface area contributed by atoms with Crippen molar-refractivity contribution in [1.29, 1.82) is 0 Å². The lowest BCUT2D eigenvalue weighted by molar-refractivity contribution is -0.124. The van der Waals surface area contributed by atoms with Crippen LogP contribution in [0.3, 0.4) is 0 Å². The summed E-state index contributed by atoms with van der Waals surface area (Å²) >= 11 is 0. The minimum atomic E-state index is -0.517. The Morgan fingerprint density at radius 1 is 0.926 bits per heavy atom. The van der Waals surface area contributed by atoms with Crippen LogP contribution in [0.1, 0.15) is 70.1 Å². The molecule has 3 nitrogen and oxygen atoms in total. The standard InChI is InChI=1S/C24H29NO2/c1-23(2,3)19-14-8-9-15-20(19)25-22(26)21(18-12-6-4-7-13-18)27-24(25)16-10-5-11-17-24/h4,6-9,12-15,21H,5,10-11,16-17H2,1-3H3/t21-/m0/s1. The molecule has 0 bridgehead atoms. The number of carbonyl (C=O) groups excluding carboxylic acids is 1. The van der Waals surface area contributed by atoms with E-state index in [4.69, 9.17) is 4.74 Å². The van der Waals surface area contributed by atoms with Gasteiger partial charge in [0.25, 0.3) is 5.91 Å². The third-order valence-corrected chi connectivity index (χ3v) is 5.88. The van der Waals surface area contributed by atoms with Crippen LogP contribution in [-0.2, 0) is 14.9 Å². The molecule has 142 valence electrons. The van der Waals surface area contributed by atoms with Crippen molar-refractivity contribution in [2.24, 2.45) is 0 Å². The number of hydrogen-bond donors (Lipinski definition) is 0. The Morgan fingerprint density at radius 2 is 1.56 bits per heavy atom. The molecule has 1 amide bonds. The van der Waals surface area contributed by atoms with Gasteiger partial charge in [-0.05, 0) is 48.3 Å². The monoisotopic (exact) mass is 363 g/mol. The lowest BCUT2D eigenvalue weighted by Gasteiger charge is -2.41. The number of amides is 1. The van der Waals surface area contributed by atoms with E-state index < -0.39 is 11.8 Å². The van der Waals surface area contributed by atoms with Crippen molar-refractivity contribution in [2.75, 3.05) is 4.90 Å². The van der Waals surface area contributed by atoms with Crippen molar-refractivity contribution in [3.63, 3.8) is 0 Å². The van der Waals surface area contributed by atoms with E-state index in [2.05, 4.69) is 39.0 Å². The predicted octanol–water partition coefficient (Wildman–Crippen LogP) is 5.75. The van der Waals surface area contributed by atoms with Gasteiger partial charge in [-0.25, -0.2) is 0 Å². The molecule has 1 aliphatic heterocycles. The summed E-state index contributed by atoms with van der Waals surface area (Å²) in [5.74, 6) is 0.0693. The minimum absolute atomic E-state index is 0.0441. The minimum Gasteiger partial charge on any atom is -0.337 e. The lowest BCUT2D eigenvalue weighted by Crippen LogP contribution is -2.49. The molecule has 1 heterocycles. The summed E-state index contributed by atoms with van der Waals surface area (Å²) < 4.78 is 6.60. The molecule has 1 aliphatic carbocycles. The first-order chi connectivity index (χ1) is 12.9. The number of hydrogen-bond acceptors (Lipinski definition) is 2. The van der Waals surface area contributed by atoms with Crippen molar-refractivity contribution in [3.8, 4) is 0 Å². The maximum atomic E-state index is 13.7. The first kappa shape index (κ1) is 18.2. The van der Waals surface area contributed by atoms with Gasteiger partial charge in [-0.15, -0.1) is 0 Å². The van der Waals surface area contributed by atoms with Crippen molar-refractivity contribution >= 4 is 11.6 Å². The lowest BCUT2D eigenvalue weighted by atomic mass is 9.84. The second kappa shape index (κ2) is 6.79. The molecule has 0 unspecified atom stereocenters. The summed E-state index contributed by atoms with van der Waals surface area (Å²) in [6.07, 6.45) is 4.70. The molecular weight excluding hydrogens is 334 g/mol. The van der Waals surface area contributed by atoms with E-state index in [0.717, 1.165) is 36.9 Å². The van der Waals surface area contributed by atoms with Gasteiger partial charge in [-0.1, -0.05) is 75.7 Å². The van der Waals surface area contributed by atoms with E-state index in [1.54, 1.807) is 0 Å². The van der Waals surface area contributed by atoms with Crippen LogP contribution in [-0.4, -0.2) is 11.6 Å². The molecule has 1 atom stereocenters. The number of benzene rings is 2. The number of rotatable bonds is 2. The number of anilines is 1. The van der Waals surface area contributed by atoms with Crippen LogP contribution >= 0.6 is 0 Å². The Balaban J connectivity index is 1.83. The molecule has 4 rings (SSSR count). The molecule has 2 aromatic rings. The Bertz CT molecular complexity index is 816. The van der Waals surface area contributed by atoms with Crippen LogP contribution < -0.4 is 4.90 Å². The highest BCUT2D eigenvalue weighted by Gasteiger charge is 2.54. The summed E-state index contributed by atoms with van der Waals surface area (Å²) in [7, 11) is 0. The molecule has 0 radical (unpaired) electrons. The molecular formula is C24H29NO2. The fourth-order valence-electron chi connectivity index (χ4n) is 4.57. The van der Waals surface area contributed by atoms with Gasteiger partial charge in [-0.3, -0.25) is 9.69 Å². The predicted molar refractivity (Wildman–Crippen MR) is 109 cm³/mol. The van der Waals surface area contributed by atoms with Gasteiger partial charge in [0.2, 0.25) is 0 Å². The average molecular weight is 364 g/mol. The van der Waals surface area contributed by atoms with Crippen molar-refractivity contribution in [1.82, 2.24) is 0 Å². The van der Waals surface area contributed by atoms with E-state index in [0.29, 0.717) is 0 Å². The zero-order valence-corrected chi connectivity index (χ0v) is 16.6. The van der Waals surface area contributed by atoms with Crippen LogP contribution in [0.4, 0.5) is 5.69 Å². The van der Waals surface area contributed by atoms with Gasteiger partial charge in [0, 0.05) is 0 Å². The zero-order valence-electron chi connectivity index (χ0n) is 16.6. The van der Waals surface area contributed by atoms with Crippen LogP contribution in [0.15, 0.2) is 54.6 Å². The van der Waals surface area contributed by atoms with Crippen LogP contribution in [0.5, 0.6) is 0 Å². The highest BCUT2D eigenvalue weighted by molar-refractivity contribution is 6.01. The third kappa shape index (κ3) is 3.19. The number of carbonyl (C=O) groups is 1. The van der Waals surface area contributed by atoms with Crippen LogP contribution in [0.25, 0.3) is 0 Å². The Kier molecular flexibility index (Phi) is 4.59. The normalized spacial score (nSPS) is 22.4. The summed E-state index contributed by atoms with van der Waals surface area (Å²) in [5.41, 5.74) is 2.59. The average Bonchev–Trinajstić information content (AvgIpc) is 2.94. The van der Waals surface area contributed by atoms with Gasteiger partial charge in [0.15, 0.2) is 6.10 Å². The summed E-state index contributed by atoms with van der Waals surface area (Å²) in [5, 5.41) is 0. The number of para-hydroxylation sites is 1. The van der Waals surface area contributed by atoms with Gasteiger partial charge < -0.3 is 4.74 Å². The maximum absolute atomic E-state index is 13.7. The van der Waals surface area contributed by atoms with E-state index >= 15 is 0 Å². The van der Waals surface area contributed by atoms with Crippen molar-refractivity contribution in [3.05, 3.63) is 65.7 Å². The number of nitrogens with zero attached hydrogens (tertiary/aromatic N) is 1. The number of ether oxygens (including phenoxy) is 1. The molecule has 27 heavy (non-hydrogen) atoms. The smallest absolute Gasteiger partial charge is 0.263 e. The van der Waals surface area contributed by atoms with Crippen LogP contribution in [0.2, 0.25) is 0 Å². The van der Waals surface area contributed by atoms with E-state index in [1.807, 2.05) is 41.3 Å². The molecule has 2 aliphatic rings. The van der Waals surface area contributed by atoms with Gasteiger partial charge in [0.1, 0.15) is 5.72 Å². The van der Waals surface area contributed by atoms with Gasteiger partial charge in [-0.2, -0.15) is 0 Å². The highest BCUT2D eigenvalue weighted by atomic mass is 16.6.